The van der Waals surface area contributed by atoms with E-state index in [-0.39, 0.29) is 0 Å². The van der Waals surface area contributed by atoms with E-state index in [0.29, 0.717) is 17.4 Å². The monoisotopic (exact) mass is 262 g/mol. The first-order valence-corrected chi connectivity index (χ1v) is 8.10. The Morgan fingerprint density at radius 1 is 1.11 bits per heavy atom. The number of carbonyl (C=O) groups excluding carboxylic acids is 1. The van der Waals surface area contributed by atoms with Crippen molar-refractivity contribution < 1.29 is 4.79 Å². The van der Waals surface area contributed by atoms with Crippen LogP contribution in [0.4, 0.5) is 0 Å². The van der Waals surface area contributed by atoms with E-state index in [2.05, 4.69) is 5.32 Å². The third kappa shape index (κ3) is 2.01. The molecule has 1 saturated heterocycles. The quantitative estimate of drug-likeness (QED) is 0.844. The highest BCUT2D eigenvalue weighted by molar-refractivity contribution is 5.77. The third-order valence-corrected chi connectivity index (χ3v) is 6.39. The van der Waals surface area contributed by atoms with Gasteiger partial charge < -0.3 is 10.2 Å². The topological polar surface area (TPSA) is 32.3 Å². The number of amides is 1. The first-order chi connectivity index (χ1) is 9.13. The molecule has 0 aromatic carbocycles. The van der Waals surface area contributed by atoms with Crippen LogP contribution in [0.25, 0.3) is 0 Å². The van der Waals surface area contributed by atoms with Crippen LogP contribution in [0.3, 0.4) is 0 Å². The number of rotatable bonds is 3. The fraction of sp³-hybridized carbons (Fsp3) is 0.938. The van der Waals surface area contributed by atoms with E-state index in [4.69, 9.17) is 0 Å². The molecule has 3 nitrogen and oxygen atoms in total. The van der Waals surface area contributed by atoms with Crippen LogP contribution in [-0.4, -0.2) is 37.0 Å². The number of nitrogens with zero attached hydrogens (tertiary/aromatic N) is 1. The highest BCUT2D eigenvalue weighted by atomic mass is 16.2. The molecule has 1 N–H and O–H groups in total. The Bertz CT molecular complexity index is 353. The summed E-state index contributed by atoms with van der Waals surface area (Å²) in [6.07, 6.45) is 9.29. The molecule has 5 aliphatic rings. The van der Waals surface area contributed by atoms with Crippen molar-refractivity contribution in [2.45, 2.75) is 51.0 Å². The van der Waals surface area contributed by atoms with Crippen molar-refractivity contribution in [2.24, 2.45) is 23.2 Å². The lowest BCUT2D eigenvalue weighted by Crippen LogP contribution is -2.58. The summed E-state index contributed by atoms with van der Waals surface area (Å²) in [6.45, 7) is 1.98. The van der Waals surface area contributed by atoms with Crippen LogP contribution >= 0.6 is 0 Å². The molecular formula is C16H26N2O. The van der Waals surface area contributed by atoms with Gasteiger partial charge >= 0.3 is 0 Å². The fourth-order valence-electron chi connectivity index (χ4n) is 5.70. The molecule has 0 radical (unpaired) electrons. The molecule has 106 valence electrons. The average Bonchev–Trinajstić information content (AvgIpc) is 2.23. The Kier molecular flexibility index (Phi) is 2.70. The van der Waals surface area contributed by atoms with E-state index in [1.165, 1.54) is 38.5 Å². The number of nitrogens with one attached hydrogen (secondary N) is 1. The summed E-state index contributed by atoms with van der Waals surface area (Å²) in [5, 5.41) is 3.26. The van der Waals surface area contributed by atoms with Crippen LogP contribution in [0.1, 0.15) is 44.9 Å². The van der Waals surface area contributed by atoms with Crippen molar-refractivity contribution in [3.05, 3.63) is 0 Å². The zero-order valence-corrected chi connectivity index (χ0v) is 12.0. The lowest BCUT2D eigenvalue weighted by molar-refractivity contribution is -0.141. The Morgan fingerprint density at radius 2 is 1.63 bits per heavy atom. The molecule has 4 aliphatic carbocycles. The largest absolute Gasteiger partial charge is 0.340 e. The Balaban J connectivity index is 1.45. The van der Waals surface area contributed by atoms with Gasteiger partial charge in [0.2, 0.25) is 5.91 Å². The minimum absolute atomic E-state index is 0.400. The maximum Gasteiger partial charge on any atom is 0.223 e. The summed E-state index contributed by atoms with van der Waals surface area (Å²) in [5.74, 6) is 3.27. The minimum Gasteiger partial charge on any atom is -0.340 e. The number of hydrogen-bond acceptors (Lipinski definition) is 2. The van der Waals surface area contributed by atoms with E-state index in [9.17, 15) is 4.79 Å². The van der Waals surface area contributed by atoms with Crippen molar-refractivity contribution in [1.82, 2.24) is 10.2 Å². The summed E-state index contributed by atoms with van der Waals surface area (Å²) in [4.78, 5) is 14.6. The SMILES string of the molecule is CN(C(=O)CC12CC3CC(CC(C3)C1)C2)C1CNC1. The van der Waals surface area contributed by atoms with Gasteiger partial charge in [-0.3, -0.25) is 4.79 Å². The summed E-state index contributed by atoms with van der Waals surface area (Å²) in [6, 6.07) is 0.460. The fourth-order valence-corrected chi connectivity index (χ4v) is 5.70. The van der Waals surface area contributed by atoms with E-state index < -0.39 is 0 Å². The number of hydrogen-bond donors (Lipinski definition) is 1. The zero-order chi connectivity index (χ0) is 13.0. The van der Waals surface area contributed by atoms with Gasteiger partial charge in [-0.05, 0) is 61.7 Å². The number of carbonyl (C=O) groups is 1. The molecule has 1 heterocycles. The normalized spacial score (nSPS) is 44.2. The maximum absolute atomic E-state index is 12.6. The molecule has 0 atom stereocenters. The lowest BCUT2D eigenvalue weighted by atomic mass is 9.49. The summed E-state index contributed by atoms with van der Waals surface area (Å²) < 4.78 is 0. The second-order valence-electron chi connectivity index (χ2n) is 7.91. The van der Waals surface area contributed by atoms with Crippen LogP contribution in [0.2, 0.25) is 0 Å². The van der Waals surface area contributed by atoms with Crippen molar-refractivity contribution >= 4 is 5.91 Å². The average molecular weight is 262 g/mol. The van der Waals surface area contributed by atoms with Gasteiger partial charge in [-0.1, -0.05) is 0 Å². The summed E-state index contributed by atoms with van der Waals surface area (Å²) in [5.41, 5.74) is 0.400. The molecule has 4 bridgehead atoms. The molecule has 19 heavy (non-hydrogen) atoms. The standard InChI is InChI=1S/C16H26N2O/c1-18(14-9-17-10-14)15(19)8-16-5-11-2-12(6-16)4-13(3-11)7-16/h11-14,17H,2-10H2,1H3. The molecule has 5 fully saturated rings. The van der Waals surface area contributed by atoms with Crippen molar-refractivity contribution in [2.75, 3.05) is 20.1 Å². The number of likely N-dealkylation sites (N-methyl/N-ethyl adjacent to an activating group) is 1. The second kappa shape index (κ2) is 4.21. The molecule has 5 rings (SSSR count). The van der Waals surface area contributed by atoms with Gasteiger partial charge in [0.25, 0.3) is 0 Å². The first-order valence-electron chi connectivity index (χ1n) is 8.10. The van der Waals surface area contributed by atoms with E-state index in [0.717, 1.165) is 37.3 Å². The van der Waals surface area contributed by atoms with Crippen molar-refractivity contribution in [3.63, 3.8) is 0 Å². The zero-order valence-electron chi connectivity index (χ0n) is 12.0. The molecule has 0 aromatic rings. The van der Waals surface area contributed by atoms with E-state index in [1.807, 2.05) is 11.9 Å². The van der Waals surface area contributed by atoms with Gasteiger partial charge in [0.05, 0.1) is 6.04 Å². The van der Waals surface area contributed by atoms with Crippen LogP contribution in [0.15, 0.2) is 0 Å². The molecular weight excluding hydrogens is 236 g/mol. The molecule has 4 saturated carbocycles. The molecule has 0 spiro atoms. The van der Waals surface area contributed by atoms with Gasteiger partial charge in [-0.15, -0.1) is 0 Å². The first kappa shape index (κ1) is 12.2. The molecule has 1 aliphatic heterocycles. The van der Waals surface area contributed by atoms with Crippen molar-refractivity contribution in [1.29, 1.82) is 0 Å². The van der Waals surface area contributed by atoms with Gasteiger partial charge in [-0.2, -0.15) is 0 Å². The molecule has 0 unspecified atom stereocenters. The van der Waals surface area contributed by atoms with Crippen LogP contribution in [0, 0.1) is 23.2 Å². The summed E-state index contributed by atoms with van der Waals surface area (Å²) in [7, 11) is 2.01. The Morgan fingerprint density at radius 3 is 2.05 bits per heavy atom. The predicted octanol–water partition coefficient (Wildman–Crippen LogP) is 2.02. The Labute approximate surface area is 116 Å². The van der Waals surface area contributed by atoms with E-state index >= 15 is 0 Å². The van der Waals surface area contributed by atoms with Gasteiger partial charge in [0.1, 0.15) is 0 Å². The molecule has 1 amide bonds. The van der Waals surface area contributed by atoms with Crippen LogP contribution < -0.4 is 5.32 Å². The third-order valence-electron chi connectivity index (χ3n) is 6.39. The van der Waals surface area contributed by atoms with Gasteiger partial charge in [0, 0.05) is 26.6 Å². The maximum atomic E-state index is 12.6. The molecule has 0 aromatic heterocycles. The lowest BCUT2D eigenvalue weighted by Gasteiger charge is -2.57. The molecule has 3 heteroatoms. The van der Waals surface area contributed by atoms with Gasteiger partial charge in [-0.25, -0.2) is 0 Å². The second-order valence-corrected chi connectivity index (χ2v) is 7.91. The highest BCUT2D eigenvalue weighted by Crippen LogP contribution is 2.61. The highest BCUT2D eigenvalue weighted by Gasteiger charge is 2.51. The van der Waals surface area contributed by atoms with Crippen LogP contribution in [0.5, 0.6) is 0 Å². The summed E-state index contributed by atoms with van der Waals surface area (Å²) >= 11 is 0. The Hall–Kier alpha value is -0.570. The minimum atomic E-state index is 0.400. The van der Waals surface area contributed by atoms with Crippen molar-refractivity contribution in [3.8, 4) is 0 Å². The van der Waals surface area contributed by atoms with Crippen LogP contribution in [-0.2, 0) is 4.79 Å². The smallest absolute Gasteiger partial charge is 0.223 e. The van der Waals surface area contributed by atoms with E-state index in [1.54, 1.807) is 0 Å². The predicted molar refractivity (Wildman–Crippen MR) is 74.6 cm³/mol. The van der Waals surface area contributed by atoms with Gasteiger partial charge in [0.15, 0.2) is 0 Å².